The fourth-order valence-electron chi connectivity index (χ4n) is 2.91. The number of hydrogen-bond donors (Lipinski definition) is 0. The second-order valence-corrected chi connectivity index (χ2v) is 7.27. The van der Waals surface area contributed by atoms with Crippen LogP contribution < -0.4 is 0 Å². The smallest absolute Gasteiger partial charge is 0.303 e. The summed E-state index contributed by atoms with van der Waals surface area (Å²) in [7, 11) is 0. The van der Waals surface area contributed by atoms with E-state index in [1.54, 1.807) is 0 Å². The molecule has 0 bridgehead atoms. The molecule has 7 heteroatoms. The van der Waals surface area contributed by atoms with Gasteiger partial charge in [0.1, 0.15) is 31.0 Å². The molecule has 0 aromatic rings. The Morgan fingerprint density at radius 3 is 1.83 bits per heavy atom. The first kappa shape index (κ1) is 20.4. The molecule has 0 aliphatic carbocycles. The van der Waals surface area contributed by atoms with Crippen LogP contribution in [0.1, 0.15) is 48.5 Å². The molecule has 0 radical (unpaired) electrons. The van der Waals surface area contributed by atoms with Crippen LogP contribution in [-0.2, 0) is 33.3 Å². The Balaban J connectivity index is 3.12. The highest BCUT2D eigenvalue weighted by atomic mass is 16.6. The van der Waals surface area contributed by atoms with Gasteiger partial charge in [-0.05, 0) is 5.41 Å². The quantitative estimate of drug-likeness (QED) is 0.568. The van der Waals surface area contributed by atoms with E-state index in [4.69, 9.17) is 18.9 Å². The molecule has 138 valence electrons. The van der Waals surface area contributed by atoms with E-state index in [9.17, 15) is 14.4 Å². The normalized spacial score (nSPS) is 30.4. The molecule has 1 aliphatic heterocycles. The van der Waals surface area contributed by atoms with E-state index in [0.29, 0.717) is 0 Å². The van der Waals surface area contributed by atoms with Gasteiger partial charge in [-0.25, -0.2) is 0 Å². The Morgan fingerprint density at radius 1 is 0.917 bits per heavy atom. The molecule has 1 rings (SSSR count). The first-order valence-corrected chi connectivity index (χ1v) is 8.06. The lowest BCUT2D eigenvalue weighted by Crippen LogP contribution is -2.60. The summed E-state index contributed by atoms with van der Waals surface area (Å²) < 4.78 is 22.0. The molecule has 2 unspecified atom stereocenters. The lowest BCUT2D eigenvalue weighted by molar-refractivity contribution is -0.246. The number of carbonyl (C=O) groups is 3. The second-order valence-electron chi connectivity index (χ2n) is 7.27. The van der Waals surface area contributed by atoms with E-state index in [2.05, 4.69) is 0 Å². The SMILES string of the molecule is CC(=O)OCC1O[C@@H](C(C)(C)C)C(OC(C)=O)[C@@H](C)[C@H]1OC(C)=O. The van der Waals surface area contributed by atoms with Crippen LogP contribution in [0.4, 0.5) is 0 Å². The predicted octanol–water partition coefficient (Wildman–Crippen LogP) is 1.86. The molecule has 0 aromatic carbocycles. The topological polar surface area (TPSA) is 88.1 Å². The fourth-order valence-corrected chi connectivity index (χ4v) is 2.91. The highest BCUT2D eigenvalue weighted by Gasteiger charge is 2.51. The van der Waals surface area contributed by atoms with Crippen LogP contribution in [0.2, 0.25) is 0 Å². The van der Waals surface area contributed by atoms with Gasteiger partial charge in [-0.2, -0.15) is 0 Å². The number of carbonyl (C=O) groups excluding carboxylic acids is 3. The van der Waals surface area contributed by atoms with Crippen molar-refractivity contribution in [2.75, 3.05) is 6.61 Å². The summed E-state index contributed by atoms with van der Waals surface area (Å²) in [5.74, 6) is -1.65. The molecule has 0 spiro atoms. The van der Waals surface area contributed by atoms with Crippen LogP contribution >= 0.6 is 0 Å². The predicted molar refractivity (Wildman–Crippen MR) is 85.0 cm³/mol. The Kier molecular flexibility index (Phi) is 6.77. The first-order valence-electron chi connectivity index (χ1n) is 8.06. The van der Waals surface area contributed by atoms with Crippen molar-refractivity contribution in [3.63, 3.8) is 0 Å². The molecule has 24 heavy (non-hydrogen) atoms. The molecule has 1 aliphatic rings. The summed E-state index contributed by atoms with van der Waals surface area (Å²) in [6, 6.07) is 0. The Labute approximate surface area is 143 Å². The monoisotopic (exact) mass is 344 g/mol. The largest absolute Gasteiger partial charge is 0.463 e. The molecule has 7 nitrogen and oxygen atoms in total. The standard InChI is InChI=1S/C17H28O7/c1-9-14(22-11(3)19)13(8-21-10(2)18)24-16(17(5,6)7)15(9)23-12(4)20/h9,13-16H,8H2,1-7H3/t9-,13?,14+,15?,16+/m0/s1. The van der Waals surface area contributed by atoms with E-state index >= 15 is 0 Å². The highest BCUT2D eigenvalue weighted by Crippen LogP contribution is 2.38. The van der Waals surface area contributed by atoms with Crippen molar-refractivity contribution in [1.82, 2.24) is 0 Å². The minimum absolute atomic E-state index is 0.0308. The molecular formula is C17H28O7. The summed E-state index contributed by atoms with van der Waals surface area (Å²) in [6.45, 7) is 11.6. The van der Waals surface area contributed by atoms with E-state index in [0.717, 1.165) is 0 Å². The fraction of sp³-hybridized carbons (Fsp3) is 0.824. The molecule has 5 atom stereocenters. The van der Waals surface area contributed by atoms with Crippen molar-refractivity contribution in [1.29, 1.82) is 0 Å². The van der Waals surface area contributed by atoms with Crippen LogP contribution in [-0.4, -0.2) is 48.9 Å². The van der Waals surface area contributed by atoms with Gasteiger partial charge in [0, 0.05) is 26.7 Å². The summed E-state index contributed by atoms with van der Waals surface area (Å²) in [6.07, 6.45) is -2.29. The van der Waals surface area contributed by atoms with Gasteiger partial charge < -0.3 is 18.9 Å². The number of rotatable bonds is 4. The third-order valence-corrected chi connectivity index (χ3v) is 3.93. The molecule has 1 heterocycles. The Morgan fingerprint density at radius 2 is 1.42 bits per heavy atom. The van der Waals surface area contributed by atoms with E-state index in [1.807, 2.05) is 27.7 Å². The lowest BCUT2D eigenvalue weighted by Gasteiger charge is -2.48. The van der Waals surface area contributed by atoms with Crippen LogP contribution in [0.5, 0.6) is 0 Å². The third kappa shape index (κ3) is 5.47. The molecule has 1 fully saturated rings. The minimum Gasteiger partial charge on any atom is -0.463 e. The summed E-state index contributed by atoms with van der Waals surface area (Å²) >= 11 is 0. The van der Waals surface area contributed by atoms with Crippen molar-refractivity contribution in [2.45, 2.75) is 72.9 Å². The lowest BCUT2D eigenvalue weighted by atomic mass is 9.77. The van der Waals surface area contributed by atoms with Gasteiger partial charge in [-0.3, -0.25) is 14.4 Å². The maximum atomic E-state index is 11.5. The average molecular weight is 344 g/mol. The zero-order chi connectivity index (χ0) is 18.7. The van der Waals surface area contributed by atoms with Gasteiger partial charge in [0.25, 0.3) is 0 Å². The van der Waals surface area contributed by atoms with Gasteiger partial charge in [0.2, 0.25) is 0 Å². The molecule has 0 N–H and O–H groups in total. The Hall–Kier alpha value is -1.63. The van der Waals surface area contributed by atoms with Gasteiger partial charge >= 0.3 is 17.9 Å². The third-order valence-electron chi connectivity index (χ3n) is 3.93. The zero-order valence-electron chi connectivity index (χ0n) is 15.5. The highest BCUT2D eigenvalue weighted by molar-refractivity contribution is 5.67. The van der Waals surface area contributed by atoms with E-state index < -0.39 is 42.3 Å². The number of ether oxygens (including phenoxy) is 4. The van der Waals surface area contributed by atoms with Gasteiger partial charge in [-0.1, -0.05) is 27.7 Å². The molecular weight excluding hydrogens is 316 g/mol. The van der Waals surface area contributed by atoms with E-state index in [1.165, 1.54) is 20.8 Å². The maximum Gasteiger partial charge on any atom is 0.303 e. The van der Waals surface area contributed by atoms with Crippen molar-refractivity contribution >= 4 is 17.9 Å². The van der Waals surface area contributed by atoms with Gasteiger partial charge in [0.15, 0.2) is 0 Å². The van der Waals surface area contributed by atoms with Gasteiger partial charge in [-0.15, -0.1) is 0 Å². The summed E-state index contributed by atoms with van der Waals surface area (Å²) in [5, 5.41) is 0. The second kappa shape index (κ2) is 7.96. The molecule has 1 saturated heterocycles. The average Bonchev–Trinajstić information content (AvgIpc) is 2.39. The van der Waals surface area contributed by atoms with Gasteiger partial charge in [0.05, 0.1) is 0 Å². The number of esters is 3. The zero-order valence-corrected chi connectivity index (χ0v) is 15.5. The van der Waals surface area contributed by atoms with Crippen LogP contribution in [0.3, 0.4) is 0 Å². The van der Waals surface area contributed by atoms with Crippen LogP contribution in [0.15, 0.2) is 0 Å². The van der Waals surface area contributed by atoms with Crippen LogP contribution in [0, 0.1) is 11.3 Å². The molecule has 0 amide bonds. The van der Waals surface area contributed by atoms with Crippen molar-refractivity contribution < 1.29 is 33.3 Å². The minimum atomic E-state index is -0.676. The van der Waals surface area contributed by atoms with Crippen LogP contribution in [0.25, 0.3) is 0 Å². The summed E-state index contributed by atoms with van der Waals surface area (Å²) in [4.78, 5) is 34.1. The van der Waals surface area contributed by atoms with E-state index in [-0.39, 0.29) is 17.9 Å². The first-order chi connectivity index (χ1) is 10.9. The Bertz CT molecular complexity index is 478. The van der Waals surface area contributed by atoms with Crippen molar-refractivity contribution in [3.05, 3.63) is 0 Å². The van der Waals surface area contributed by atoms with Crippen molar-refractivity contribution in [2.24, 2.45) is 11.3 Å². The summed E-state index contributed by atoms with van der Waals surface area (Å²) in [5.41, 5.74) is -0.329. The maximum absolute atomic E-state index is 11.5. The molecule has 0 saturated carbocycles. The van der Waals surface area contributed by atoms with Crippen molar-refractivity contribution in [3.8, 4) is 0 Å². The number of hydrogen-bond acceptors (Lipinski definition) is 7. The molecule has 0 aromatic heterocycles.